The second kappa shape index (κ2) is 9.07. The Kier molecular flexibility index (Phi) is 6.06. The van der Waals surface area contributed by atoms with E-state index in [2.05, 4.69) is 22.1 Å². The van der Waals surface area contributed by atoms with Gasteiger partial charge in [-0.1, -0.05) is 30.3 Å². The summed E-state index contributed by atoms with van der Waals surface area (Å²) in [7, 11) is 4.69. The smallest absolute Gasteiger partial charge is 0.242 e. The molecule has 0 bridgehead atoms. The van der Waals surface area contributed by atoms with Crippen LogP contribution in [0.1, 0.15) is 5.56 Å². The van der Waals surface area contributed by atoms with Gasteiger partial charge in [0.25, 0.3) is 0 Å². The van der Waals surface area contributed by atoms with E-state index in [-0.39, 0.29) is 12.5 Å². The van der Waals surface area contributed by atoms with E-state index in [4.69, 9.17) is 14.2 Å². The second-order valence-corrected chi connectivity index (χ2v) is 7.28. The molecule has 4 rings (SSSR count). The number of aromatic nitrogens is 2. The molecule has 8 nitrogen and oxygen atoms in total. The maximum absolute atomic E-state index is 12.9. The number of methoxy groups -OCH3 is 3. The molecule has 1 aromatic heterocycles. The highest BCUT2D eigenvalue weighted by molar-refractivity contribution is 5.98. The van der Waals surface area contributed by atoms with Crippen molar-refractivity contribution >= 4 is 22.6 Å². The zero-order chi connectivity index (χ0) is 21.8. The summed E-state index contributed by atoms with van der Waals surface area (Å²) in [6.07, 6.45) is 2.33. The van der Waals surface area contributed by atoms with Crippen LogP contribution < -0.4 is 19.1 Å². The first kappa shape index (κ1) is 20.7. The molecule has 1 fully saturated rings. The molecule has 0 radical (unpaired) electrons. The average Bonchev–Trinajstić information content (AvgIpc) is 2.82. The fraction of sp³-hybridized carbons (Fsp3) is 0.348. The van der Waals surface area contributed by atoms with Crippen LogP contribution in [0.25, 0.3) is 10.9 Å². The van der Waals surface area contributed by atoms with Gasteiger partial charge in [-0.15, -0.1) is 0 Å². The number of rotatable bonds is 7. The van der Waals surface area contributed by atoms with Crippen molar-refractivity contribution < 1.29 is 19.0 Å². The molecule has 0 saturated carbocycles. The quantitative estimate of drug-likeness (QED) is 0.579. The van der Waals surface area contributed by atoms with Crippen molar-refractivity contribution in [3.8, 4) is 17.2 Å². The van der Waals surface area contributed by atoms with Crippen molar-refractivity contribution in [2.75, 3.05) is 52.4 Å². The van der Waals surface area contributed by atoms with Crippen molar-refractivity contribution in [1.82, 2.24) is 14.9 Å². The first-order valence-electron chi connectivity index (χ1n) is 10.2. The summed E-state index contributed by atoms with van der Waals surface area (Å²) in [6, 6.07) is 12.0. The molecule has 1 saturated heterocycles. The van der Waals surface area contributed by atoms with E-state index in [1.54, 1.807) is 21.3 Å². The van der Waals surface area contributed by atoms with Gasteiger partial charge in [-0.2, -0.15) is 0 Å². The third-order valence-corrected chi connectivity index (χ3v) is 5.54. The van der Waals surface area contributed by atoms with Crippen LogP contribution in [0, 0.1) is 0 Å². The molecule has 8 heteroatoms. The van der Waals surface area contributed by atoms with E-state index in [9.17, 15) is 4.79 Å². The van der Waals surface area contributed by atoms with E-state index >= 15 is 0 Å². The Bertz CT molecular complexity index is 1070. The highest BCUT2D eigenvalue weighted by atomic mass is 16.5. The first-order valence-corrected chi connectivity index (χ1v) is 10.2. The molecule has 162 valence electrons. The van der Waals surface area contributed by atoms with Gasteiger partial charge in [-0.05, 0) is 18.1 Å². The Morgan fingerprint density at radius 2 is 1.74 bits per heavy atom. The summed E-state index contributed by atoms with van der Waals surface area (Å²) in [5.41, 5.74) is 1.84. The number of fused-ring (bicyclic) bond motifs is 1. The Morgan fingerprint density at radius 3 is 2.42 bits per heavy atom. The maximum Gasteiger partial charge on any atom is 0.242 e. The summed E-state index contributed by atoms with van der Waals surface area (Å²) in [4.78, 5) is 25.6. The Hall–Kier alpha value is -3.55. The largest absolute Gasteiger partial charge is 0.493 e. The van der Waals surface area contributed by atoms with Gasteiger partial charge in [0.1, 0.15) is 17.7 Å². The van der Waals surface area contributed by atoms with Crippen molar-refractivity contribution in [2.45, 2.75) is 6.42 Å². The number of hydrogen-bond donors (Lipinski definition) is 0. The lowest BCUT2D eigenvalue weighted by molar-refractivity contribution is -0.130. The Balaban J connectivity index is 1.58. The molecule has 2 heterocycles. The molecule has 1 aliphatic heterocycles. The van der Waals surface area contributed by atoms with Crippen LogP contribution in [0.5, 0.6) is 17.2 Å². The molecule has 0 N–H and O–H groups in total. The minimum absolute atomic E-state index is 0.0846. The summed E-state index contributed by atoms with van der Waals surface area (Å²) >= 11 is 0. The summed E-state index contributed by atoms with van der Waals surface area (Å²) in [5.74, 6) is 2.25. The average molecular weight is 422 g/mol. The lowest BCUT2D eigenvalue weighted by Crippen LogP contribution is -2.51. The zero-order valence-electron chi connectivity index (χ0n) is 18.0. The number of ether oxygens (including phenoxy) is 3. The maximum atomic E-state index is 12.9. The van der Waals surface area contributed by atoms with Crippen molar-refractivity contribution in [2.24, 2.45) is 0 Å². The van der Waals surface area contributed by atoms with Gasteiger partial charge in [-0.25, -0.2) is 9.97 Å². The molecular formula is C23H26N4O4. The third kappa shape index (κ3) is 4.05. The Morgan fingerprint density at radius 1 is 0.968 bits per heavy atom. The number of hydrogen-bond acceptors (Lipinski definition) is 7. The zero-order valence-corrected chi connectivity index (χ0v) is 18.0. The van der Waals surface area contributed by atoms with Crippen LogP contribution in [0.2, 0.25) is 0 Å². The normalized spacial score (nSPS) is 14.1. The number of benzene rings is 2. The van der Waals surface area contributed by atoms with Crippen LogP contribution in [0.15, 0.2) is 42.7 Å². The van der Waals surface area contributed by atoms with Crippen molar-refractivity contribution in [1.29, 1.82) is 0 Å². The highest BCUT2D eigenvalue weighted by Gasteiger charge is 2.27. The first-order chi connectivity index (χ1) is 15.2. The Labute approximate surface area is 181 Å². The predicted molar refractivity (Wildman–Crippen MR) is 118 cm³/mol. The van der Waals surface area contributed by atoms with Gasteiger partial charge in [0, 0.05) is 19.6 Å². The molecule has 1 aliphatic rings. The van der Waals surface area contributed by atoms with E-state index in [1.165, 1.54) is 11.9 Å². The molecule has 0 atom stereocenters. The molecule has 2 aromatic carbocycles. The number of piperazine rings is 1. The van der Waals surface area contributed by atoms with E-state index < -0.39 is 0 Å². The highest BCUT2D eigenvalue weighted by Crippen LogP contribution is 2.44. The standard InChI is InChI=1S/C23H26N4O4/c1-29-18-13-17-20(22(31-3)21(18)30-2)24-15-25-23(17)27-12-11-26(19(28)14-27)10-9-16-7-5-4-6-8-16/h4-8,13,15H,9-12,14H2,1-3H3. The van der Waals surface area contributed by atoms with Crippen LogP contribution in [-0.4, -0.2) is 68.3 Å². The number of carbonyl (C=O) groups is 1. The van der Waals surface area contributed by atoms with Gasteiger partial charge in [-0.3, -0.25) is 4.79 Å². The SMILES string of the molecule is COc1cc2c(N3CCN(CCc4ccccc4)C(=O)C3)ncnc2c(OC)c1OC. The molecule has 3 aromatic rings. The molecule has 0 aliphatic carbocycles. The van der Waals surface area contributed by atoms with Gasteiger partial charge in [0.05, 0.1) is 33.3 Å². The molecular weight excluding hydrogens is 396 g/mol. The summed E-state index contributed by atoms with van der Waals surface area (Å²) in [5, 5.41) is 0.752. The van der Waals surface area contributed by atoms with Crippen LogP contribution in [0.4, 0.5) is 5.82 Å². The topological polar surface area (TPSA) is 77.0 Å². The lowest BCUT2D eigenvalue weighted by Gasteiger charge is -2.35. The van der Waals surface area contributed by atoms with Crippen LogP contribution >= 0.6 is 0 Å². The number of amides is 1. The molecule has 1 amide bonds. The summed E-state index contributed by atoms with van der Waals surface area (Å²) in [6.45, 7) is 2.29. The number of anilines is 1. The van der Waals surface area contributed by atoms with Crippen molar-refractivity contribution in [3.05, 3.63) is 48.3 Å². The van der Waals surface area contributed by atoms with E-state index in [0.29, 0.717) is 48.2 Å². The van der Waals surface area contributed by atoms with Crippen molar-refractivity contribution in [3.63, 3.8) is 0 Å². The van der Waals surface area contributed by atoms with Crippen LogP contribution in [0.3, 0.4) is 0 Å². The number of carbonyl (C=O) groups excluding carboxylic acids is 1. The third-order valence-electron chi connectivity index (χ3n) is 5.54. The lowest BCUT2D eigenvalue weighted by atomic mass is 10.1. The molecule has 31 heavy (non-hydrogen) atoms. The fourth-order valence-electron chi connectivity index (χ4n) is 3.94. The van der Waals surface area contributed by atoms with Crippen LogP contribution in [-0.2, 0) is 11.2 Å². The van der Waals surface area contributed by atoms with Gasteiger partial charge in [0.2, 0.25) is 11.7 Å². The molecule has 0 unspecified atom stereocenters. The summed E-state index contributed by atoms with van der Waals surface area (Å²) < 4.78 is 16.5. The second-order valence-electron chi connectivity index (χ2n) is 7.28. The number of nitrogens with zero attached hydrogens (tertiary/aromatic N) is 4. The minimum Gasteiger partial charge on any atom is -0.493 e. The van der Waals surface area contributed by atoms with E-state index in [0.717, 1.165) is 11.8 Å². The van der Waals surface area contributed by atoms with Gasteiger partial charge in [0.15, 0.2) is 11.5 Å². The van der Waals surface area contributed by atoms with Gasteiger partial charge >= 0.3 is 0 Å². The molecule has 0 spiro atoms. The monoisotopic (exact) mass is 422 g/mol. The van der Waals surface area contributed by atoms with E-state index in [1.807, 2.05) is 34.1 Å². The minimum atomic E-state index is 0.0846. The predicted octanol–water partition coefficient (Wildman–Crippen LogP) is 2.55. The fourth-order valence-corrected chi connectivity index (χ4v) is 3.94. The van der Waals surface area contributed by atoms with Gasteiger partial charge < -0.3 is 24.0 Å².